The molecule has 0 aromatic carbocycles. The van der Waals surface area contributed by atoms with Gasteiger partial charge >= 0.3 is 0 Å². The van der Waals surface area contributed by atoms with Crippen molar-refractivity contribution in [3.8, 4) is 0 Å². The molecular weight excluding hydrogens is 162 g/mol. The summed E-state index contributed by atoms with van der Waals surface area (Å²) in [6, 6.07) is 0.134. The van der Waals surface area contributed by atoms with Gasteiger partial charge in [-0.1, -0.05) is 34.6 Å². The van der Waals surface area contributed by atoms with Crippen LogP contribution in [-0.4, -0.2) is 29.8 Å². The van der Waals surface area contributed by atoms with Crippen LogP contribution < -0.4 is 0 Å². The van der Waals surface area contributed by atoms with Gasteiger partial charge in [0, 0.05) is 5.92 Å². The number of rotatable bonds is 6. The topological polar surface area (TPSA) is 20.3 Å². The largest absolute Gasteiger partial charge is 0.298 e. The number of ketones is 1. The van der Waals surface area contributed by atoms with E-state index in [1.165, 1.54) is 0 Å². The molecule has 0 radical (unpaired) electrons. The van der Waals surface area contributed by atoms with E-state index in [9.17, 15) is 4.79 Å². The minimum Gasteiger partial charge on any atom is -0.298 e. The van der Waals surface area contributed by atoms with Crippen LogP contribution in [-0.2, 0) is 4.79 Å². The first kappa shape index (κ1) is 12.6. The number of Topliss-reactive ketones (excluding diaryl/α,β-unsaturated/α-hetero) is 1. The van der Waals surface area contributed by atoms with E-state index in [1.54, 1.807) is 0 Å². The molecule has 78 valence electrons. The zero-order valence-electron chi connectivity index (χ0n) is 9.63. The number of likely N-dealkylation sites (N-methyl/N-ethyl adjacent to an activating group) is 1. The predicted octanol–water partition coefficient (Wildman–Crippen LogP) is 2.33. The number of hydrogen-bond acceptors (Lipinski definition) is 2. The maximum Gasteiger partial charge on any atom is 0.152 e. The number of nitrogens with zero attached hydrogens (tertiary/aromatic N) is 1. The van der Waals surface area contributed by atoms with Crippen molar-refractivity contribution in [2.75, 3.05) is 13.1 Å². The molecule has 0 heterocycles. The molecule has 0 aliphatic carbocycles. The predicted molar refractivity (Wildman–Crippen MR) is 56.8 cm³/mol. The molecule has 0 amide bonds. The second-order valence-electron chi connectivity index (χ2n) is 3.70. The van der Waals surface area contributed by atoms with Crippen molar-refractivity contribution < 1.29 is 4.79 Å². The Morgan fingerprint density at radius 1 is 1.15 bits per heavy atom. The van der Waals surface area contributed by atoms with Crippen molar-refractivity contribution in [1.29, 1.82) is 0 Å². The van der Waals surface area contributed by atoms with E-state index in [4.69, 9.17) is 0 Å². The fraction of sp³-hybridized carbons (Fsp3) is 0.909. The Balaban J connectivity index is 4.38. The molecule has 0 unspecified atom stereocenters. The maximum atomic E-state index is 11.8. The van der Waals surface area contributed by atoms with Crippen LogP contribution in [0.4, 0.5) is 0 Å². The van der Waals surface area contributed by atoms with Crippen molar-refractivity contribution >= 4 is 5.78 Å². The van der Waals surface area contributed by atoms with E-state index >= 15 is 0 Å². The number of carbonyl (C=O) groups excluding carboxylic acids is 1. The maximum absolute atomic E-state index is 11.8. The van der Waals surface area contributed by atoms with E-state index in [0.29, 0.717) is 5.78 Å². The zero-order valence-corrected chi connectivity index (χ0v) is 9.63. The van der Waals surface area contributed by atoms with E-state index in [1.807, 2.05) is 13.8 Å². The second-order valence-corrected chi connectivity index (χ2v) is 3.70. The molecule has 0 bridgehead atoms. The van der Waals surface area contributed by atoms with Gasteiger partial charge in [0.15, 0.2) is 5.78 Å². The van der Waals surface area contributed by atoms with Gasteiger partial charge < -0.3 is 0 Å². The Bertz CT molecular complexity index is 150. The van der Waals surface area contributed by atoms with E-state index in [0.717, 1.165) is 19.5 Å². The first-order valence-electron chi connectivity index (χ1n) is 5.36. The number of carbonyl (C=O) groups is 1. The van der Waals surface area contributed by atoms with Crippen molar-refractivity contribution in [1.82, 2.24) is 4.90 Å². The molecule has 2 nitrogen and oxygen atoms in total. The summed E-state index contributed by atoms with van der Waals surface area (Å²) < 4.78 is 0. The van der Waals surface area contributed by atoms with Crippen LogP contribution in [0.1, 0.15) is 41.0 Å². The number of hydrogen-bond donors (Lipinski definition) is 0. The summed E-state index contributed by atoms with van der Waals surface area (Å²) in [7, 11) is 0. The Morgan fingerprint density at radius 2 is 1.62 bits per heavy atom. The van der Waals surface area contributed by atoms with Gasteiger partial charge in [-0.25, -0.2) is 0 Å². The molecule has 0 spiro atoms. The average molecular weight is 185 g/mol. The van der Waals surface area contributed by atoms with Crippen LogP contribution in [0.5, 0.6) is 0 Å². The quantitative estimate of drug-likeness (QED) is 0.633. The Morgan fingerprint density at radius 3 is 1.85 bits per heavy atom. The molecule has 0 saturated heterocycles. The van der Waals surface area contributed by atoms with Crippen LogP contribution in [0, 0.1) is 5.92 Å². The van der Waals surface area contributed by atoms with Crippen LogP contribution in [0.15, 0.2) is 0 Å². The monoisotopic (exact) mass is 185 g/mol. The smallest absolute Gasteiger partial charge is 0.152 e. The molecule has 0 aliphatic heterocycles. The molecule has 1 atom stereocenters. The van der Waals surface area contributed by atoms with Gasteiger partial charge in [0.05, 0.1) is 6.04 Å². The molecule has 0 saturated carbocycles. The van der Waals surface area contributed by atoms with Crippen molar-refractivity contribution in [2.24, 2.45) is 5.92 Å². The van der Waals surface area contributed by atoms with Gasteiger partial charge in [-0.15, -0.1) is 0 Å². The third-order valence-corrected chi connectivity index (χ3v) is 2.54. The van der Waals surface area contributed by atoms with Crippen LogP contribution in [0.25, 0.3) is 0 Å². The fourth-order valence-electron chi connectivity index (χ4n) is 1.69. The summed E-state index contributed by atoms with van der Waals surface area (Å²) >= 11 is 0. The fourth-order valence-corrected chi connectivity index (χ4v) is 1.69. The third-order valence-electron chi connectivity index (χ3n) is 2.54. The van der Waals surface area contributed by atoms with E-state index in [2.05, 4.69) is 25.7 Å². The lowest BCUT2D eigenvalue weighted by Crippen LogP contribution is -2.42. The van der Waals surface area contributed by atoms with Gasteiger partial charge in [-0.2, -0.15) is 0 Å². The van der Waals surface area contributed by atoms with Crippen molar-refractivity contribution in [3.63, 3.8) is 0 Å². The normalized spacial score (nSPS) is 13.8. The molecule has 13 heavy (non-hydrogen) atoms. The first-order valence-corrected chi connectivity index (χ1v) is 5.36. The van der Waals surface area contributed by atoms with Crippen LogP contribution in [0.3, 0.4) is 0 Å². The van der Waals surface area contributed by atoms with Crippen LogP contribution in [0.2, 0.25) is 0 Å². The molecular formula is C11H23NO. The molecule has 2 heteroatoms. The van der Waals surface area contributed by atoms with Gasteiger partial charge in [0.2, 0.25) is 0 Å². The summed E-state index contributed by atoms with van der Waals surface area (Å²) in [4.78, 5) is 14.0. The van der Waals surface area contributed by atoms with Gasteiger partial charge in [-0.05, 0) is 19.5 Å². The summed E-state index contributed by atoms with van der Waals surface area (Å²) in [5.41, 5.74) is 0. The lowest BCUT2D eigenvalue weighted by atomic mass is 9.98. The van der Waals surface area contributed by atoms with E-state index < -0.39 is 0 Å². The summed E-state index contributed by atoms with van der Waals surface area (Å²) in [6.07, 6.45) is 0.929. The first-order chi connectivity index (χ1) is 6.08. The highest BCUT2D eigenvalue weighted by atomic mass is 16.1. The van der Waals surface area contributed by atoms with Gasteiger partial charge in [0.25, 0.3) is 0 Å². The SMILES string of the molecule is CC[C@@H](C(=O)C(C)C)N(CC)CC. The lowest BCUT2D eigenvalue weighted by Gasteiger charge is -2.28. The highest BCUT2D eigenvalue weighted by Crippen LogP contribution is 2.10. The second kappa shape index (κ2) is 6.14. The molecule has 0 rings (SSSR count). The molecule has 0 N–H and O–H groups in total. The van der Waals surface area contributed by atoms with Gasteiger partial charge in [0.1, 0.15) is 0 Å². The Labute approximate surface area is 82.3 Å². The highest BCUT2D eigenvalue weighted by Gasteiger charge is 2.23. The summed E-state index contributed by atoms with van der Waals surface area (Å²) in [5, 5.41) is 0. The third kappa shape index (κ3) is 3.47. The molecule has 0 aromatic heterocycles. The van der Waals surface area contributed by atoms with Gasteiger partial charge in [-0.3, -0.25) is 9.69 Å². The Kier molecular flexibility index (Phi) is 5.97. The molecule has 0 aromatic rings. The van der Waals surface area contributed by atoms with E-state index in [-0.39, 0.29) is 12.0 Å². The lowest BCUT2D eigenvalue weighted by molar-refractivity contribution is -0.127. The summed E-state index contributed by atoms with van der Waals surface area (Å²) in [5.74, 6) is 0.539. The average Bonchev–Trinajstić information content (AvgIpc) is 2.12. The zero-order chi connectivity index (χ0) is 10.4. The van der Waals surface area contributed by atoms with Crippen molar-refractivity contribution in [3.05, 3.63) is 0 Å². The van der Waals surface area contributed by atoms with Crippen LogP contribution >= 0.6 is 0 Å². The summed E-state index contributed by atoms with van der Waals surface area (Å²) in [6.45, 7) is 12.2. The van der Waals surface area contributed by atoms with Crippen molar-refractivity contribution in [2.45, 2.75) is 47.1 Å². The standard InChI is InChI=1S/C11H23NO/c1-6-10(11(13)9(4)5)12(7-2)8-3/h9-10H,6-8H2,1-5H3/t10-/m0/s1. The molecule has 0 aliphatic rings. The molecule has 0 fully saturated rings. The minimum absolute atomic E-state index is 0.134. The Hall–Kier alpha value is -0.370. The highest BCUT2D eigenvalue weighted by molar-refractivity contribution is 5.85. The minimum atomic E-state index is 0.134.